The van der Waals surface area contributed by atoms with Crippen LogP contribution < -0.4 is 0 Å². The highest BCUT2D eigenvalue weighted by molar-refractivity contribution is 5.23. The molecule has 1 heterocycles. The fraction of sp³-hybridized carbons (Fsp3) is 0.333. The maximum absolute atomic E-state index is 12.2. The van der Waals surface area contributed by atoms with E-state index in [9.17, 15) is 13.2 Å². The third kappa shape index (κ3) is 2.72. The summed E-state index contributed by atoms with van der Waals surface area (Å²) < 4.78 is 36.5. The zero-order chi connectivity index (χ0) is 9.90. The normalized spacial score (nSPS) is 11.7. The lowest BCUT2D eigenvalue weighted by Crippen LogP contribution is -2.05. The number of pyridine rings is 1. The maximum atomic E-state index is 12.2. The van der Waals surface area contributed by atoms with Crippen molar-refractivity contribution in [2.24, 2.45) is 0 Å². The van der Waals surface area contributed by atoms with E-state index in [0.29, 0.717) is 12.1 Å². The van der Waals surface area contributed by atoms with Crippen LogP contribution >= 0.6 is 0 Å². The van der Waals surface area contributed by atoms with Gasteiger partial charge in [-0.3, -0.25) is 4.98 Å². The molecule has 4 heteroatoms. The molecule has 1 aromatic rings. The molecule has 0 spiro atoms. The van der Waals surface area contributed by atoms with Crippen LogP contribution in [0.5, 0.6) is 0 Å². The van der Waals surface area contributed by atoms with Gasteiger partial charge in [0.25, 0.3) is 0 Å². The molecule has 0 bridgehead atoms. The predicted molar refractivity (Wildman–Crippen MR) is 42.9 cm³/mol. The van der Waals surface area contributed by atoms with Crippen LogP contribution in [-0.4, -0.2) is 4.98 Å². The minimum absolute atomic E-state index is 0.373. The van der Waals surface area contributed by atoms with E-state index in [2.05, 4.69) is 4.98 Å². The summed E-state index contributed by atoms with van der Waals surface area (Å²) in [5.74, 6) is 0. The van der Waals surface area contributed by atoms with Crippen LogP contribution in [0.3, 0.4) is 0 Å². The summed E-state index contributed by atoms with van der Waals surface area (Å²) in [6.07, 6.45) is -0.785. The van der Waals surface area contributed by atoms with Gasteiger partial charge in [0.2, 0.25) is 0 Å². The number of halogens is 3. The first-order valence-corrected chi connectivity index (χ1v) is 3.90. The summed E-state index contributed by atoms with van der Waals surface area (Å²) in [4.78, 5) is 3.79. The molecule has 0 aromatic carbocycles. The fourth-order valence-electron chi connectivity index (χ4n) is 0.945. The van der Waals surface area contributed by atoms with Crippen molar-refractivity contribution in [3.8, 4) is 0 Å². The number of aromatic nitrogens is 1. The fourth-order valence-corrected chi connectivity index (χ4v) is 0.945. The largest absolute Gasteiger partial charge is 0.416 e. The van der Waals surface area contributed by atoms with Gasteiger partial charge in [0.1, 0.15) is 0 Å². The summed E-state index contributed by atoms with van der Waals surface area (Å²) in [7, 11) is 0. The SMILES string of the molecule is CC[CH]c1cc(C(F)(F)F)ccn1. The van der Waals surface area contributed by atoms with Gasteiger partial charge in [-0.05, 0) is 18.6 Å². The van der Waals surface area contributed by atoms with Gasteiger partial charge in [-0.1, -0.05) is 6.92 Å². The number of hydrogen-bond donors (Lipinski definition) is 0. The molecule has 0 saturated carbocycles. The van der Waals surface area contributed by atoms with Gasteiger partial charge in [-0.25, -0.2) is 0 Å². The Balaban J connectivity index is 2.92. The second-order valence-electron chi connectivity index (χ2n) is 2.58. The van der Waals surface area contributed by atoms with Crippen LogP contribution in [0.2, 0.25) is 0 Å². The molecule has 1 aromatic heterocycles. The lowest BCUT2D eigenvalue weighted by Gasteiger charge is -2.06. The molecule has 71 valence electrons. The molecule has 0 unspecified atom stereocenters. The van der Waals surface area contributed by atoms with E-state index in [0.717, 1.165) is 12.1 Å². The van der Waals surface area contributed by atoms with E-state index < -0.39 is 11.7 Å². The molecule has 0 amide bonds. The van der Waals surface area contributed by atoms with E-state index in [-0.39, 0.29) is 0 Å². The van der Waals surface area contributed by atoms with Crippen LogP contribution in [0.4, 0.5) is 13.2 Å². The van der Waals surface area contributed by atoms with Crippen molar-refractivity contribution in [2.75, 3.05) is 0 Å². The van der Waals surface area contributed by atoms with Gasteiger partial charge >= 0.3 is 6.18 Å². The summed E-state index contributed by atoms with van der Waals surface area (Å²) in [5, 5.41) is 0. The zero-order valence-corrected chi connectivity index (χ0v) is 7.10. The molecular weight excluding hydrogens is 179 g/mol. The maximum Gasteiger partial charge on any atom is 0.416 e. The molecule has 0 fully saturated rings. The highest BCUT2D eigenvalue weighted by Crippen LogP contribution is 2.29. The Morgan fingerprint density at radius 2 is 2.15 bits per heavy atom. The third-order valence-corrected chi connectivity index (χ3v) is 1.52. The summed E-state index contributed by atoms with van der Waals surface area (Å²) in [6.45, 7) is 1.85. The van der Waals surface area contributed by atoms with Crippen LogP contribution in [0.15, 0.2) is 18.3 Å². The van der Waals surface area contributed by atoms with Gasteiger partial charge in [0, 0.05) is 18.3 Å². The Hall–Kier alpha value is -1.06. The molecule has 0 atom stereocenters. The van der Waals surface area contributed by atoms with Crippen molar-refractivity contribution in [3.05, 3.63) is 36.0 Å². The van der Waals surface area contributed by atoms with Gasteiger partial charge in [0.05, 0.1) is 5.56 Å². The quantitative estimate of drug-likeness (QED) is 0.695. The minimum atomic E-state index is -4.28. The smallest absolute Gasteiger partial charge is 0.261 e. The van der Waals surface area contributed by atoms with Crippen LogP contribution in [0.1, 0.15) is 24.6 Å². The van der Waals surface area contributed by atoms with Crippen molar-refractivity contribution in [3.63, 3.8) is 0 Å². The molecule has 0 aliphatic carbocycles. The molecule has 13 heavy (non-hydrogen) atoms. The van der Waals surface area contributed by atoms with Gasteiger partial charge < -0.3 is 0 Å². The number of nitrogens with zero attached hydrogens (tertiary/aromatic N) is 1. The molecule has 1 rings (SSSR count). The van der Waals surface area contributed by atoms with Crippen molar-refractivity contribution < 1.29 is 13.2 Å². The predicted octanol–water partition coefficient (Wildman–Crippen LogP) is 3.06. The lowest BCUT2D eigenvalue weighted by atomic mass is 10.1. The summed E-state index contributed by atoms with van der Waals surface area (Å²) in [6, 6.07) is 2.01. The summed E-state index contributed by atoms with van der Waals surface area (Å²) >= 11 is 0. The average molecular weight is 188 g/mol. The van der Waals surface area contributed by atoms with E-state index in [1.165, 1.54) is 6.20 Å². The molecule has 0 saturated heterocycles. The highest BCUT2D eigenvalue weighted by atomic mass is 19.4. The Morgan fingerprint density at radius 1 is 1.46 bits per heavy atom. The molecular formula is C9H9F3N. The standard InChI is InChI=1S/C9H9F3N/c1-2-3-8-6-7(4-5-13-8)9(10,11)12/h3-6H,2H2,1H3. The van der Waals surface area contributed by atoms with Crippen molar-refractivity contribution in [1.29, 1.82) is 0 Å². The Morgan fingerprint density at radius 3 is 2.69 bits per heavy atom. The minimum Gasteiger partial charge on any atom is -0.261 e. The first kappa shape index (κ1) is 10.0. The van der Waals surface area contributed by atoms with E-state index >= 15 is 0 Å². The molecule has 0 N–H and O–H groups in total. The highest BCUT2D eigenvalue weighted by Gasteiger charge is 2.30. The number of rotatable bonds is 2. The number of alkyl halides is 3. The van der Waals surface area contributed by atoms with Crippen LogP contribution in [0.25, 0.3) is 0 Å². The third-order valence-electron chi connectivity index (χ3n) is 1.52. The van der Waals surface area contributed by atoms with Crippen molar-refractivity contribution in [1.82, 2.24) is 4.98 Å². The molecule has 0 aliphatic heterocycles. The lowest BCUT2D eigenvalue weighted by molar-refractivity contribution is -0.137. The second kappa shape index (κ2) is 3.77. The molecule has 0 aliphatic rings. The van der Waals surface area contributed by atoms with E-state index in [4.69, 9.17) is 0 Å². The Labute approximate surface area is 74.6 Å². The van der Waals surface area contributed by atoms with E-state index in [1.807, 2.05) is 6.92 Å². The van der Waals surface area contributed by atoms with Crippen molar-refractivity contribution >= 4 is 0 Å². The monoisotopic (exact) mass is 188 g/mol. The average Bonchev–Trinajstić information content (AvgIpc) is 2.04. The Bertz CT molecular complexity index is 280. The van der Waals surface area contributed by atoms with Crippen molar-refractivity contribution in [2.45, 2.75) is 19.5 Å². The van der Waals surface area contributed by atoms with Gasteiger partial charge in [0.15, 0.2) is 0 Å². The first-order valence-electron chi connectivity index (χ1n) is 3.90. The molecule has 1 nitrogen and oxygen atoms in total. The molecule has 1 radical (unpaired) electrons. The topological polar surface area (TPSA) is 12.9 Å². The summed E-state index contributed by atoms with van der Waals surface area (Å²) in [5.41, 5.74) is -0.278. The zero-order valence-electron chi connectivity index (χ0n) is 7.10. The second-order valence-corrected chi connectivity index (χ2v) is 2.58. The first-order chi connectivity index (χ1) is 6.04. The number of hydrogen-bond acceptors (Lipinski definition) is 1. The van der Waals surface area contributed by atoms with Gasteiger partial charge in [-0.15, -0.1) is 0 Å². The van der Waals surface area contributed by atoms with Crippen LogP contribution in [-0.2, 0) is 6.18 Å². The van der Waals surface area contributed by atoms with Crippen LogP contribution in [0, 0.1) is 6.42 Å². The Kier molecular flexibility index (Phi) is 2.90. The van der Waals surface area contributed by atoms with Gasteiger partial charge in [-0.2, -0.15) is 13.2 Å². The van der Waals surface area contributed by atoms with E-state index in [1.54, 1.807) is 6.42 Å².